The highest BCUT2D eigenvalue weighted by atomic mass is 16.6. The zero-order valence-electron chi connectivity index (χ0n) is 15.4. The summed E-state index contributed by atoms with van der Waals surface area (Å²) in [6.07, 6.45) is 1.48. The second-order valence-electron chi connectivity index (χ2n) is 6.89. The molecule has 1 heterocycles. The van der Waals surface area contributed by atoms with E-state index < -0.39 is 34.0 Å². The maximum absolute atomic E-state index is 12.9. The van der Waals surface area contributed by atoms with Crippen molar-refractivity contribution >= 4 is 23.3 Å². The Morgan fingerprint density at radius 2 is 2.03 bits per heavy atom. The number of carbonyl (C=O) groups excluding carboxylic acids is 1. The summed E-state index contributed by atoms with van der Waals surface area (Å²) >= 11 is 0. The van der Waals surface area contributed by atoms with Crippen molar-refractivity contribution < 1.29 is 34.2 Å². The van der Waals surface area contributed by atoms with Crippen LogP contribution in [0.25, 0.3) is 0 Å². The topological polar surface area (TPSA) is 148 Å². The predicted molar refractivity (Wildman–Crippen MR) is 99.5 cm³/mol. The number of benzene rings is 2. The van der Waals surface area contributed by atoms with Crippen molar-refractivity contribution in [3.05, 3.63) is 44.5 Å². The van der Waals surface area contributed by atoms with Gasteiger partial charge in [-0.15, -0.1) is 0 Å². The average molecular weight is 400 g/mol. The minimum Gasteiger partial charge on any atom is -0.502 e. The van der Waals surface area contributed by atoms with E-state index in [1.165, 1.54) is 19.2 Å². The maximum atomic E-state index is 12.9. The number of fused-ring (bicyclic) bond motifs is 2. The Bertz CT molecular complexity index is 1100. The number of phenols is 1. The van der Waals surface area contributed by atoms with Gasteiger partial charge in [0.2, 0.25) is 11.5 Å². The molecule has 0 radical (unpaired) electrons. The number of carboxylic acid groups (broad SMARTS) is 1. The number of nitro benzene ring substituents is 1. The number of anilines is 1. The Morgan fingerprint density at radius 1 is 1.34 bits per heavy atom. The first kappa shape index (κ1) is 18.5. The summed E-state index contributed by atoms with van der Waals surface area (Å²) in [6, 6.07) is 2.57. The highest BCUT2D eigenvalue weighted by Gasteiger charge is 2.39. The number of phenolic OH excluding ortho intramolecular Hbond substituents is 1. The highest BCUT2D eigenvalue weighted by molar-refractivity contribution is 6.11. The Kier molecular flexibility index (Phi) is 4.07. The quantitative estimate of drug-likeness (QED) is 0.521. The second-order valence-corrected chi connectivity index (χ2v) is 6.89. The number of ether oxygens (including phenoxy) is 2. The van der Waals surface area contributed by atoms with E-state index in [4.69, 9.17) is 9.47 Å². The molecule has 0 aromatic heterocycles. The fourth-order valence-corrected chi connectivity index (χ4v) is 3.45. The van der Waals surface area contributed by atoms with Gasteiger partial charge in [-0.1, -0.05) is 0 Å². The summed E-state index contributed by atoms with van der Waals surface area (Å²) in [7, 11) is 1.35. The highest BCUT2D eigenvalue weighted by Crippen LogP contribution is 2.54. The largest absolute Gasteiger partial charge is 0.502 e. The van der Waals surface area contributed by atoms with Crippen LogP contribution in [0.2, 0.25) is 0 Å². The molecule has 1 saturated carbocycles. The Hall–Kier alpha value is -3.82. The van der Waals surface area contributed by atoms with Crippen LogP contribution in [-0.2, 0) is 0 Å². The number of nitro groups is 1. The molecule has 29 heavy (non-hydrogen) atoms. The zero-order valence-corrected chi connectivity index (χ0v) is 15.4. The van der Waals surface area contributed by atoms with Gasteiger partial charge >= 0.3 is 11.7 Å². The van der Waals surface area contributed by atoms with E-state index in [0.29, 0.717) is 11.1 Å². The molecule has 0 spiro atoms. The van der Waals surface area contributed by atoms with Crippen LogP contribution in [-0.4, -0.2) is 34.1 Å². The minimum atomic E-state index is -1.38. The van der Waals surface area contributed by atoms with Crippen molar-refractivity contribution in [3.63, 3.8) is 0 Å². The number of aromatic hydroxyl groups is 1. The number of methoxy groups -OCH3 is 1. The van der Waals surface area contributed by atoms with Crippen molar-refractivity contribution in [3.8, 4) is 23.0 Å². The molecule has 1 amide bonds. The number of carboxylic acids is 1. The van der Waals surface area contributed by atoms with Gasteiger partial charge in [0.05, 0.1) is 23.3 Å². The van der Waals surface area contributed by atoms with Crippen molar-refractivity contribution in [1.82, 2.24) is 0 Å². The first-order valence-electron chi connectivity index (χ1n) is 8.72. The molecule has 0 atom stereocenters. The van der Waals surface area contributed by atoms with Crippen LogP contribution in [0.5, 0.6) is 23.0 Å². The lowest BCUT2D eigenvalue weighted by Gasteiger charge is -2.16. The van der Waals surface area contributed by atoms with E-state index in [1.807, 2.05) is 0 Å². The average Bonchev–Trinajstić information content (AvgIpc) is 3.49. The van der Waals surface area contributed by atoms with Gasteiger partial charge in [0.25, 0.3) is 5.91 Å². The summed E-state index contributed by atoms with van der Waals surface area (Å²) in [5, 5.41) is 34.3. The molecule has 10 nitrogen and oxygen atoms in total. The molecule has 0 unspecified atom stereocenters. The van der Waals surface area contributed by atoms with Crippen molar-refractivity contribution in [2.45, 2.75) is 25.7 Å². The van der Waals surface area contributed by atoms with Gasteiger partial charge in [0.1, 0.15) is 11.3 Å². The number of nitrogens with zero attached hydrogens (tertiary/aromatic N) is 1. The Morgan fingerprint density at radius 3 is 2.59 bits per heavy atom. The summed E-state index contributed by atoms with van der Waals surface area (Å²) in [6.45, 7) is 1.59. The Labute approximate surface area is 163 Å². The summed E-state index contributed by atoms with van der Waals surface area (Å²) in [4.78, 5) is 35.5. The number of hydrogen-bond acceptors (Lipinski definition) is 7. The molecule has 1 fully saturated rings. The third kappa shape index (κ3) is 2.80. The van der Waals surface area contributed by atoms with Crippen LogP contribution >= 0.6 is 0 Å². The van der Waals surface area contributed by atoms with Crippen LogP contribution < -0.4 is 14.8 Å². The molecule has 0 saturated heterocycles. The molecular weight excluding hydrogens is 384 g/mol. The Balaban J connectivity index is 2.03. The summed E-state index contributed by atoms with van der Waals surface area (Å²) in [5.41, 5.74) is -0.546. The normalized spacial score (nSPS) is 14.8. The van der Waals surface area contributed by atoms with Gasteiger partial charge in [-0.25, -0.2) is 4.79 Å². The maximum Gasteiger partial charge on any atom is 0.353 e. The molecule has 2 aromatic rings. The van der Waals surface area contributed by atoms with E-state index in [-0.39, 0.29) is 34.2 Å². The van der Waals surface area contributed by atoms with Crippen LogP contribution in [0.15, 0.2) is 12.1 Å². The van der Waals surface area contributed by atoms with Crippen molar-refractivity contribution in [2.24, 2.45) is 0 Å². The number of rotatable bonds is 4. The third-order valence-corrected chi connectivity index (χ3v) is 5.09. The molecule has 10 heteroatoms. The van der Waals surface area contributed by atoms with E-state index in [9.17, 15) is 29.9 Å². The van der Waals surface area contributed by atoms with Gasteiger partial charge in [0, 0.05) is 11.1 Å². The first-order valence-corrected chi connectivity index (χ1v) is 8.72. The van der Waals surface area contributed by atoms with Crippen LogP contribution in [0.4, 0.5) is 11.4 Å². The van der Waals surface area contributed by atoms with Gasteiger partial charge in [-0.2, -0.15) is 0 Å². The van der Waals surface area contributed by atoms with Gasteiger partial charge in [-0.05, 0) is 37.8 Å². The van der Waals surface area contributed by atoms with Crippen molar-refractivity contribution in [1.29, 1.82) is 0 Å². The van der Waals surface area contributed by atoms with Crippen LogP contribution in [0.3, 0.4) is 0 Å². The molecular formula is C19H16N2O8. The van der Waals surface area contributed by atoms with Crippen molar-refractivity contribution in [2.75, 3.05) is 12.4 Å². The SMILES string of the molecule is COc1cc(C(=O)O)c2c(c1C)NC(=O)c1cc(C3CC3)c(O)c([N+](=O)[O-])c1O2. The lowest BCUT2D eigenvalue weighted by atomic mass is 10.0. The van der Waals surface area contributed by atoms with Gasteiger partial charge < -0.3 is 25.0 Å². The number of aromatic carboxylic acids is 1. The van der Waals surface area contributed by atoms with E-state index in [1.54, 1.807) is 6.92 Å². The molecule has 0 bridgehead atoms. The minimum absolute atomic E-state index is 0.0321. The second kappa shape index (κ2) is 6.36. The number of hydrogen-bond donors (Lipinski definition) is 3. The van der Waals surface area contributed by atoms with E-state index in [2.05, 4.69) is 5.32 Å². The summed E-state index contributed by atoms with van der Waals surface area (Å²) < 4.78 is 10.8. The predicted octanol–water partition coefficient (Wildman–Crippen LogP) is 3.55. The lowest BCUT2D eigenvalue weighted by molar-refractivity contribution is -0.386. The molecule has 4 rings (SSSR count). The molecule has 2 aromatic carbocycles. The fourth-order valence-electron chi connectivity index (χ4n) is 3.45. The molecule has 1 aliphatic carbocycles. The van der Waals surface area contributed by atoms with E-state index >= 15 is 0 Å². The monoisotopic (exact) mass is 400 g/mol. The van der Waals surface area contributed by atoms with E-state index in [0.717, 1.165) is 12.8 Å². The van der Waals surface area contributed by atoms with Crippen LogP contribution in [0.1, 0.15) is 50.6 Å². The number of amides is 1. The molecule has 150 valence electrons. The standard InChI is InChI=1S/C19H16N2O8/c1-7-12(28-2)6-11(19(24)25)16-13(7)20-18(23)10-5-9(8-3-4-8)15(22)14(21(26)27)17(10)29-16/h5-6,8,22H,3-4H2,1-2H3,(H,20,23)(H,24,25). The molecule has 3 N–H and O–H groups in total. The van der Waals surface area contributed by atoms with Crippen LogP contribution in [0, 0.1) is 17.0 Å². The van der Waals surface area contributed by atoms with Gasteiger partial charge in [-0.3, -0.25) is 14.9 Å². The fraction of sp³-hybridized carbons (Fsp3) is 0.263. The molecule has 1 aliphatic heterocycles. The number of carbonyl (C=O) groups is 2. The lowest BCUT2D eigenvalue weighted by Crippen LogP contribution is -2.13. The summed E-state index contributed by atoms with van der Waals surface area (Å²) in [5.74, 6) is -3.31. The molecule has 2 aliphatic rings. The van der Waals surface area contributed by atoms with Gasteiger partial charge in [0.15, 0.2) is 5.75 Å². The first-order chi connectivity index (χ1) is 13.7. The zero-order chi connectivity index (χ0) is 21.0. The third-order valence-electron chi connectivity index (χ3n) is 5.09. The number of nitrogens with one attached hydrogen (secondary N) is 1. The smallest absolute Gasteiger partial charge is 0.353 e.